The largest absolute Gasteiger partial charge is 0.500 e. The summed E-state index contributed by atoms with van der Waals surface area (Å²) < 4.78 is 16.6. The van der Waals surface area contributed by atoms with Crippen LogP contribution in [0, 0.1) is 0 Å². The first-order valence-corrected chi connectivity index (χ1v) is 7.61. The van der Waals surface area contributed by atoms with Crippen molar-refractivity contribution in [1.29, 1.82) is 0 Å². The Labute approximate surface area is 93.8 Å². The van der Waals surface area contributed by atoms with Crippen molar-refractivity contribution in [3.8, 4) is 0 Å². The summed E-state index contributed by atoms with van der Waals surface area (Å²) in [5, 5.41) is 0. The summed E-state index contributed by atoms with van der Waals surface area (Å²) in [6.45, 7) is 2.73. The van der Waals surface area contributed by atoms with E-state index in [1.165, 1.54) is 31.3 Å². The second kappa shape index (κ2) is 6.43. The predicted octanol–water partition coefficient (Wildman–Crippen LogP) is 2.76. The van der Waals surface area contributed by atoms with Crippen LogP contribution in [0.5, 0.6) is 0 Å². The normalized spacial score (nSPS) is 17.7. The summed E-state index contributed by atoms with van der Waals surface area (Å²) in [7, 11) is 1.01. The lowest BCUT2D eigenvalue weighted by molar-refractivity contribution is 0.108. The van der Waals surface area contributed by atoms with Gasteiger partial charge in [-0.1, -0.05) is 13.0 Å². The Kier molecular flexibility index (Phi) is 5.53. The van der Waals surface area contributed by atoms with Gasteiger partial charge in [-0.15, -0.1) is 0 Å². The fourth-order valence-corrected chi connectivity index (χ4v) is 3.42. The first-order chi connectivity index (χ1) is 7.26. The van der Waals surface area contributed by atoms with Gasteiger partial charge in [0, 0.05) is 20.3 Å². The molecule has 0 saturated carbocycles. The van der Waals surface area contributed by atoms with Crippen molar-refractivity contribution in [3.63, 3.8) is 0 Å². The van der Waals surface area contributed by atoms with Crippen molar-refractivity contribution in [2.75, 3.05) is 20.8 Å². The highest BCUT2D eigenvalue weighted by molar-refractivity contribution is 6.60. The van der Waals surface area contributed by atoms with E-state index in [-0.39, 0.29) is 0 Å². The Morgan fingerprint density at radius 3 is 2.47 bits per heavy atom. The molecule has 0 unspecified atom stereocenters. The maximum absolute atomic E-state index is 5.84. The van der Waals surface area contributed by atoms with E-state index in [4.69, 9.17) is 13.3 Å². The van der Waals surface area contributed by atoms with Crippen molar-refractivity contribution < 1.29 is 13.3 Å². The van der Waals surface area contributed by atoms with Crippen LogP contribution >= 0.6 is 0 Å². The van der Waals surface area contributed by atoms with Gasteiger partial charge in [0.25, 0.3) is 0 Å². The van der Waals surface area contributed by atoms with Crippen LogP contribution < -0.4 is 0 Å². The summed E-state index contributed by atoms with van der Waals surface area (Å²) in [6.07, 6.45) is 7.26. The first-order valence-electron chi connectivity index (χ1n) is 5.68. The van der Waals surface area contributed by atoms with Crippen LogP contribution in [0.15, 0.2) is 11.6 Å². The molecule has 0 aromatic rings. The van der Waals surface area contributed by atoms with Gasteiger partial charge >= 0.3 is 8.80 Å². The van der Waals surface area contributed by atoms with Gasteiger partial charge in [-0.25, -0.2) is 0 Å². The molecule has 0 bridgehead atoms. The van der Waals surface area contributed by atoms with Crippen LogP contribution in [-0.2, 0) is 13.3 Å². The van der Waals surface area contributed by atoms with Crippen molar-refractivity contribution in [2.45, 2.75) is 38.7 Å². The Bertz CT molecular complexity index is 204. The van der Waals surface area contributed by atoms with Gasteiger partial charge in [-0.05, 0) is 31.3 Å². The lowest BCUT2D eigenvalue weighted by atomic mass is 10.0. The van der Waals surface area contributed by atoms with Crippen molar-refractivity contribution in [2.24, 2.45) is 0 Å². The van der Waals surface area contributed by atoms with E-state index in [0.717, 1.165) is 6.04 Å². The molecular weight excluding hydrogens is 208 g/mol. The molecule has 3 nitrogen and oxygen atoms in total. The zero-order valence-corrected chi connectivity index (χ0v) is 11.0. The second-order valence-electron chi connectivity index (χ2n) is 3.84. The SMILES string of the molecule is CC[Si](OC)(OC)OCC1=CCCCC1. The van der Waals surface area contributed by atoms with E-state index < -0.39 is 8.80 Å². The molecular formula is C11H22O3Si. The van der Waals surface area contributed by atoms with E-state index in [0.29, 0.717) is 6.61 Å². The third kappa shape index (κ3) is 3.72. The highest BCUT2D eigenvalue weighted by Gasteiger charge is 2.36. The number of rotatable bonds is 6. The molecule has 1 rings (SSSR count). The van der Waals surface area contributed by atoms with E-state index in [1.54, 1.807) is 14.2 Å². The maximum atomic E-state index is 5.84. The van der Waals surface area contributed by atoms with Crippen LogP contribution in [0.2, 0.25) is 6.04 Å². The van der Waals surface area contributed by atoms with Crippen LogP contribution in [0.3, 0.4) is 0 Å². The third-order valence-corrected chi connectivity index (χ3v) is 5.61. The summed E-state index contributed by atoms with van der Waals surface area (Å²) in [6, 6.07) is 0.827. The number of hydrogen-bond donors (Lipinski definition) is 0. The van der Waals surface area contributed by atoms with Crippen LogP contribution in [0.1, 0.15) is 32.6 Å². The molecule has 0 N–H and O–H groups in total. The average Bonchev–Trinajstić information content (AvgIpc) is 2.33. The van der Waals surface area contributed by atoms with E-state index in [1.807, 2.05) is 0 Å². The molecule has 1 aliphatic carbocycles. The predicted molar refractivity (Wildman–Crippen MR) is 62.8 cm³/mol. The molecule has 1 aliphatic rings. The molecule has 15 heavy (non-hydrogen) atoms. The van der Waals surface area contributed by atoms with Crippen LogP contribution in [0.25, 0.3) is 0 Å². The topological polar surface area (TPSA) is 27.7 Å². The highest BCUT2D eigenvalue weighted by atomic mass is 28.4. The summed E-state index contributed by atoms with van der Waals surface area (Å²) in [5.74, 6) is 0. The zero-order valence-electron chi connectivity index (χ0n) is 10.0. The summed E-state index contributed by atoms with van der Waals surface area (Å²) >= 11 is 0. The van der Waals surface area contributed by atoms with Gasteiger partial charge in [0.05, 0.1) is 6.61 Å². The monoisotopic (exact) mass is 230 g/mol. The molecule has 0 aromatic carbocycles. The minimum Gasteiger partial charge on any atom is -0.377 e. The Hall–Kier alpha value is -0.163. The molecule has 0 aromatic heterocycles. The van der Waals surface area contributed by atoms with Crippen molar-refractivity contribution in [3.05, 3.63) is 11.6 Å². The molecule has 0 saturated heterocycles. The molecule has 0 radical (unpaired) electrons. The summed E-state index contributed by atoms with van der Waals surface area (Å²) in [4.78, 5) is 0. The molecule has 0 atom stereocenters. The fraction of sp³-hybridized carbons (Fsp3) is 0.818. The highest BCUT2D eigenvalue weighted by Crippen LogP contribution is 2.20. The standard InChI is InChI=1S/C11H22O3Si/c1-4-15(12-2,13-3)14-10-11-8-6-5-7-9-11/h8H,4-7,9-10H2,1-3H3. The molecule has 0 aliphatic heterocycles. The van der Waals surface area contributed by atoms with Gasteiger partial charge in [0.1, 0.15) is 0 Å². The molecule has 4 heteroatoms. The van der Waals surface area contributed by atoms with Gasteiger partial charge < -0.3 is 13.3 Å². The lowest BCUT2D eigenvalue weighted by Gasteiger charge is -2.26. The molecule has 0 heterocycles. The van der Waals surface area contributed by atoms with Crippen molar-refractivity contribution >= 4 is 8.80 Å². The quantitative estimate of drug-likeness (QED) is 0.519. The molecule has 0 fully saturated rings. The van der Waals surface area contributed by atoms with Gasteiger partial charge in [-0.2, -0.15) is 0 Å². The zero-order chi connectivity index (χ0) is 11.1. The Morgan fingerprint density at radius 2 is 2.00 bits per heavy atom. The second-order valence-corrected chi connectivity index (χ2v) is 7.02. The molecule has 88 valence electrons. The fourth-order valence-electron chi connectivity index (χ4n) is 1.83. The van der Waals surface area contributed by atoms with Gasteiger partial charge in [0.2, 0.25) is 0 Å². The first kappa shape index (κ1) is 12.9. The Balaban J connectivity index is 2.42. The minimum atomic E-state index is -2.34. The Morgan fingerprint density at radius 1 is 1.27 bits per heavy atom. The van der Waals surface area contributed by atoms with E-state index in [9.17, 15) is 0 Å². The molecule has 0 spiro atoms. The minimum absolute atomic E-state index is 0.682. The maximum Gasteiger partial charge on any atom is 0.500 e. The third-order valence-electron chi connectivity index (χ3n) is 2.92. The van der Waals surface area contributed by atoms with Crippen LogP contribution in [0.4, 0.5) is 0 Å². The number of hydrogen-bond acceptors (Lipinski definition) is 3. The van der Waals surface area contributed by atoms with Crippen LogP contribution in [-0.4, -0.2) is 29.6 Å². The summed E-state index contributed by atoms with van der Waals surface area (Å²) in [5.41, 5.74) is 1.40. The average molecular weight is 230 g/mol. The lowest BCUT2D eigenvalue weighted by Crippen LogP contribution is -2.43. The molecule has 0 amide bonds. The van der Waals surface area contributed by atoms with E-state index in [2.05, 4.69) is 13.0 Å². The smallest absolute Gasteiger partial charge is 0.377 e. The van der Waals surface area contributed by atoms with E-state index >= 15 is 0 Å². The van der Waals surface area contributed by atoms with Crippen molar-refractivity contribution in [1.82, 2.24) is 0 Å². The van der Waals surface area contributed by atoms with Gasteiger partial charge in [0.15, 0.2) is 0 Å². The van der Waals surface area contributed by atoms with Gasteiger partial charge in [-0.3, -0.25) is 0 Å². The number of allylic oxidation sites excluding steroid dienone is 1.